The second-order valence-corrected chi connectivity index (χ2v) is 11.0. The van der Waals surface area contributed by atoms with Crippen molar-refractivity contribution in [2.24, 2.45) is 12.0 Å². The lowest BCUT2D eigenvalue weighted by molar-refractivity contribution is -0.138. The first-order valence-corrected chi connectivity index (χ1v) is 14.8. The molecule has 1 aliphatic heterocycles. The number of ether oxygens (including phenoxy) is 2. The summed E-state index contributed by atoms with van der Waals surface area (Å²) in [4.78, 5) is 33.4. The highest BCUT2D eigenvalue weighted by molar-refractivity contribution is 7.07. The average molecular weight is 578 g/mol. The quantitative estimate of drug-likeness (QED) is 0.251. The fraction of sp³-hybridized carbons (Fsp3) is 0.206. The molecule has 0 spiro atoms. The van der Waals surface area contributed by atoms with Gasteiger partial charge in [-0.1, -0.05) is 72.0 Å². The standard InChI is InChI=1S/C34H31N3O4S/c1-5-40-24-18-16-23(17-19-24)31-29(33(39)41-6-2)30(22-12-8-7-9-13-22)35-34-37(31)32(38)28(42-34)20-26-21(3)36(4)27-15-11-10-14-25(26)27/h7-20,31H,5-6H2,1-4H3/t31-/m0/s1. The number of esters is 1. The number of aromatic nitrogens is 2. The van der Waals surface area contributed by atoms with Gasteiger partial charge in [0, 0.05) is 34.8 Å². The zero-order chi connectivity index (χ0) is 29.4. The van der Waals surface area contributed by atoms with Gasteiger partial charge in [0.1, 0.15) is 5.75 Å². The molecule has 1 atom stereocenters. The summed E-state index contributed by atoms with van der Waals surface area (Å²) < 4.78 is 15.5. The topological polar surface area (TPSA) is 74.8 Å². The van der Waals surface area contributed by atoms with Gasteiger partial charge in [-0.15, -0.1) is 0 Å². The molecule has 0 radical (unpaired) electrons. The number of carbonyl (C=O) groups is 1. The number of hydrogen-bond acceptors (Lipinski definition) is 6. The van der Waals surface area contributed by atoms with Crippen molar-refractivity contribution in [2.45, 2.75) is 26.8 Å². The maximum Gasteiger partial charge on any atom is 0.338 e. The Kier molecular flexibility index (Phi) is 7.39. The SMILES string of the molecule is CCOC(=O)C1=C(c2ccccc2)N=c2sc(=Cc3c(C)n(C)c4ccccc34)c(=O)n2[C@H]1c1ccc(OCC)cc1. The van der Waals surface area contributed by atoms with Crippen LogP contribution in [0.2, 0.25) is 0 Å². The average Bonchev–Trinajstić information content (AvgIpc) is 3.45. The zero-order valence-electron chi connectivity index (χ0n) is 24.0. The van der Waals surface area contributed by atoms with E-state index in [-0.39, 0.29) is 12.2 Å². The summed E-state index contributed by atoms with van der Waals surface area (Å²) in [7, 11) is 2.03. The Labute approximate surface area is 247 Å². The number of hydrogen-bond donors (Lipinski definition) is 0. The zero-order valence-corrected chi connectivity index (χ0v) is 24.8. The lowest BCUT2D eigenvalue weighted by atomic mass is 9.93. The lowest BCUT2D eigenvalue weighted by Gasteiger charge is -2.26. The van der Waals surface area contributed by atoms with E-state index in [1.165, 1.54) is 11.3 Å². The third-order valence-corrected chi connectivity index (χ3v) is 8.59. The maximum absolute atomic E-state index is 14.3. The second kappa shape index (κ2) is 11.3. The molecule has 6 rings (SSSR count). The summed E-state index contributed by atoms with van der Waals surface area (Å²) in [5.74, 6) is 0.211. The van der Waals surface area contributed by atoms with Crippen molar-refractivity contribution in [1.29, 1.82) is 0 Å². The van der Waals surface area contributed by atoms with Crippen molar-refractivity contribution < 1.29 is 14.3 Å². The molecule has 0 saturated carbocycles. The molecule has 5 aromatic rings. The number of para-hydroxylation sites is 1. The third-order valence-electron chi connectivity index (χ3n) is 7.60. The molecule has 0 unspecified atom stereocenters. The molecule has 0 amide bonds. The molecule has 7 nitrogen and oxygen atoms in total. The van der Waals surface area contributed by atoms with E-state index in [0.717, 1.165) is 33.3 Å². The van der Waals surface area contributed by atoms with Crippen molar-refractivity contribution in [3.05, 3.63) is 127 Å². The largest absolute Gasteiger partial charge is 0.494 e. The summed E-state index contributed by atoms with van der Waals surface area (Å²) in [5.41, 5.74) is 5.30. The van der Waals surface area contributed by atoms with Crippen LogP contribution in [0.4, 0.5) is 0 Å². The monoisotopic (exact) mass is 577 g/mol. The first-order valence-electron chi connectivity index (χ1n) is 14.0. The third kappa shape index (κ3) is 4.67. The smallest absolute Gasteiger partial charge is 0.338 e. The maximum atomic E-state index is 14.3. The minimum Gasteiger partial charge on any atom is -0.494 e. The van der Waals surface area contributed by atoms with Crippen LogP contribution in [0.25, 0.3) is 22.7 Å². The summed E-state index contributed by atoms with van der Waals surface area (Å²) in [5, 5.41) is 1.07. The van der Waals surface area contributed by atoms with E-state index in [2.05, 4.69) is 23.6 Å². The summed E-state index contributed by atoms with van der Waals surface area (Å²) in [6.07, 6.45) is 1.95. The molecule has 0 bridgehead atoms. The van der Waals surface area contributed by atoms with Crippen molar-refractivity contribution in [3.8, 4) is 5.75 Å². The van der Waals surface area contributed by atoms with Crippen molar-refractivity contribution in [3.63, 3.8) is 0 Å². The molecule has 0 fully saturated rings. The first-order chi connectivity index (χ1) is 20.4. The van der Waals surface area contributed by atoms with Gasteiger partial charge in [0.05, 0.1) is 35.1 Å². The van der Waals surface area contributed by atoms with Crippen LogP contribution in [0.5, 0.6) is 5.75 Å². The van der Waals surface area contributed by atoms with Gasteiger partial charge in [0.25, 0.3) is 5.56 Å². The molecular formula is C34H31N3O4S. The van der Waals surface area contributed by atoms with Crippen molar-refractivity contribution >= 4 is 40.0 Å². The molecule has 0 N–H and O–H groups in total. The lowest BCUT2D eigenvalue weighted by Crippen LogP contribution is -2.40. The number of carbonyl (C=O) groups excluding carboxylic acids is 1. The van der Waals surface area contributed by atoms with Crippen LogP contribution in [-0.4, -0.2) is 28.3 Å². The Morgan fingerprint density at radius 3 is 2.40 bits per heavy atom. The van der Waals surface area contributed by atoms with E-state index in [9.17, 15) is 9.59 Å². The van der Waals surface area contributed by atoms with Gasteiger partial charge in [-0.25, -0.2) is 9.79 Å². The highest BCUT2D eigenvalue weighted by atomic mass is 32.1. The Balaban J connectivity index is 1.65. The number of rotatable bonds is 7. The van der Waals surface area contributed by atoms with Gasteiger partial charge in [-0.3, -0.25) is 9.36 Å². The van der Waals surface area contributed by atoms with Gasteiger partial charge in [-0.2, -0.15) is 0 Å². The van der Waals surface area contributed by atoms with E-state index in [1.54, 1.807) is 11.5 Å². The van der Waals surface area contributed by atoms with Gasteiger partial charge in [-0.05, 0) is 50.6 Å². The first kappa shape index (κ1) is 27.5. The molecule has 0 aliphatic carbocycles. The van der Waals surface area contributed by atoms with E-state index in [1.807, 2.05) is 86.8 Å². The minimum absolute atomic E-state index is 0.200. The highest BCUT2D eigenvalue weighted by Gasteiger charge is 2.35. The van der Waals surface area contributed by atoms with Gasteiger partial charge >= 0.3 is 5.97 Å². The molecule has 2 aromatic heterocycles. The molecule has 1 aliphatic rings. The molecule has 8 heteroatoms. The van der Waals surface area contributed by atoms with Crippen LogP contribution < -0.4 is 19.6 Å². The predicted octanol–water partition coefficient (Wildman–Crippen LogP) is 5.13. The molecule has 42 heavy (non-hydrogen) atoms. The van der Waals surface area contributed by atoms with Gasteiger partial charge in [0.2, 0.25) is 0 Å². The van der Waals surface area contributed by atoms with E-state index < -0.39 is 12.0 Å². The Bertz CT molecular complexity index is 2020. The van der Waals surface area contributed by atoms with Crippen molar-refractivity contribution in [2.75, 3.05) is 13.2 Å². The predicted molar refractivity (Wildman–Crippen MR) is 166 cm³/mol. The normalized spacial score (nSPS) is 15.0. The highest BCUT2D eigenvalue weighted by Crippen LogP contribution is 2.36. The fourth-order valence-electron chi connectivity index (χ4n) is 5.53. The Hall–Kier alpha value is -4.69. The Morgan fingerprint density at radius 1 is 0.976 bits per heavy atom. The van der Waals surface area contributed by atoms with Gasteiger partial charge < -0.3 is 14.0 Å². The van der Waals surface area contributed by atoms with Crippen LogP contribution in [0.3, 0.4) is 0 Å². The fourth-order valence-corrected chi connectivity index (χ4v) is 6.51. The van der Waals surface area contributed by atoms with Crippen LogP contribution in [0.1, 0.15) is 42.3 Å². The molecule has 3 aromatic carbocycles. The van der Waals surface area contributed by atoms with Crippen LogP contribution in [0, 0.1) is 6.92 Å². The van der Waals surface area contributed by atoms with E-state index in [0.29, 0.717) is 33.0 Å². The van der Waals surface area contributed by atoms with Gasteiger partial charge in [0.15, 0.2) is 4.80 Å². The Morgan fingerprint density at radius 2 is 1.69 bits per heavy atom. The number of thiazole rings is 1. The van der Waals surface area contributed by atoms with Crippen LogP contribution >= 0.6 is 11.3 Å². The van der Waals surface area contributed by atoms with Crippen molar-refractivity contribution in [1.82, 2.24) is 9.13 Å². The second-order valence-electron chi connectivity index (χ2n) is 10.0. The summed E-state index contributed by atoms with van der Waals surface area (Å²) >= 11 is 1.33. The molecule has 0 saturated heterocycles. The van der Waals surface area contributed by atoms with Crippen LogP contribution in [0.15, 0.2) is 94.2 Å². The molecule has 3 heterocycles. The number of aryl methyl sites for hydroxylation is 1. The number of nitrogens with zero attached hydrogens (tertiary/aromatic N) is 3. The number of benzene rings is 3. The minimum atomic E-state index is -0.734. The number of fused-ring (bicyclic) bond motifs is 2. The summed E-state index contributed by atoms with van der Waals surface area (Å²) in [6.45, 7) is 6.49. The summed E-state index contributed by atoms with van der Waals surface area (Å²) in [6, 6.07) is 24.5. The van der Waals surface area contributed by atoms with E-state index in [4.69, 9.17) is 14.5 Å². The van der Waals surface area contributed by atoms with E-state index >= 15 is 0 Å². The molecular weight excluding hydrogens is 546 g/mol. The molecule has 212 valence electrons. The van der Waals surface area contributed by atoms with Crippen LogP contribution in [-0.2, 0) is 16.6 Å².